The second-order valence-corrected chi connectivity index (χ2v) is 4.64. The second kappa shape index (κ2) is 13.9. The average molecular weight is 346 g/mol. The Morgan fingerprint density at radius 2 is 1.21 bits per heavy atom. The van der Waals surface area contributed by atoms with Crippen LogP contribution in [0.15, 0.2) is 24.3 Å². The van der Waals surface area contributed by atoms with Crippen LogP contribution in [-0.2, 0) is 19.2 Å². The van der Waals surface area contributed by atoms with Gasteiger partial charge < -0.3 is 30.6 Å². The van der Waals surface area contributed by atoms with Gasteiger partial charge in [-0.05, 0) is 14.0 Å². The van der Waals surface area contributed by atoms with Gasteiger partial charge in [-0.25, -0.2) is 19.2 Å². The van der Waals surface area contributed by atoms with E-state index in [0.717, 1.165) is 6.54 Å². The normalized spacial score (nSPS) is 17.3. The number of carboxylic acid groups (broad SMARTS) is 4. The van der Waals surface area contributed by atoms with E-state index in [4.69, 9.17) is 20.4 Å². The number of aliphatic carboxylic acids is 4. The van der Waals surface area contributed by atoms with Crippen molar-refractivity contribution in [3.8, 4) is 0 Å². The molecule has 1 saturated heterocycles. The van der Waals surface area contributed by atoms with Crippen molar-refractivity contribution in [2.24, 2.45) is 0 Å². The van der Waals surface area contributed by atoms with Crippen LogP contribution in [0.3, 0.4) is 0 Å². The Morgan fingerprint density at radius 3 is 1.38 bits per heavy atom. The lowest BCUT2D eigenvalue weighted by molar-refractivity contribution is -0.134. The molecule has 0 unspecified atom stereocenters. The summed E-state index contributed by atoms with van der Waals surface area (Å²) in [6.45, 7) is 5.76. The molecule has 1 aliphatic rings. The highest BCUT2D eigenvalue weighted by Crippen LogP contribution is 1.92. The molecule has 0 bridgehead atoms. The second-order valence-electron chi connectivity index (χ2n) is 4.64. The molecule has 136 valence electrons. The molecule has 0 aliphatic carbocycles. The number of hydrogen-bond donors (Lipinski definition) is 5. The van der Waals surface area contributed by atoms with Crippen LogP contribution in [0.4, 0.5) is 0 Å². The predicted octanol–water partition coefficient (Wildman–Crippen LogP) is -0.666. The van der Waals surface area contributed by atoms with Gasteiger partial charge in [-0.3, -0.25) is 0 Å². The van der Waals surface area contributed by atoms with Crippen molar-refractivity contribution in [2.45, 2.75) is 13.0 Å². The third-order valence-electron chi connectivity index (χ3n) is 2.31. The molecule has 0 aromatic carbocycles. The molecule has 5 N–H and O–H groups in total. The summed E-state index contributed by atoms with van der Waals surface area (Å²) in [5.41, 5.74) is 0. The molecule has 1 atom stereocenters. The smallest absolute Gasteiger partial charge is 0.328 e. The average Bonchev–Trinajstić information content (AvgIpc) is 2.44. The van der Waals surface area contributed by atoms with E-state index in [9.17, 15) is 19.2 Å². The lowest BCUT2D eigenvalue weighted by Gasteiger charge is -2.28. The number of carboxylic acids is 4. The summed E-state index contributed by atoms with van der Waals surface area (Å²) < 4.78 is 0. The number of carbonyl (C=O) groups is 4. The summed E-state index contributed by atoms with van der Waals surface area (Å²) in [7, 11) is 2.16. The van der Waals surface area contributed by atoms with Crippen LogP contribution < -0.4 is 5.32 Å². The zero-order chi connectivity index (χ0) is 19.1. The molecule has 1 fully saturated rings. The quantitative estimate of drug-likeness (QED) is 0.412. The number of nitrogens with one attached hydrogen (secondary N) is 1. The van der Waals surface area contributed by atoms with E-state index in [2.05, 4.69) is 24.2 Å². The molecule has 0 spiro atoms. The van der Waals surface area contributed by atoms with Gasteiger partial charge in [0.2, 0.25) is 0 Å². The van der Waals surface area contributed by atoms with Crippen LogP contribution in [0.5, 0.6) is 0 Å². The summed E-state index contributed by atoms with van der Waals surface area (Å²) in [6, 6.07) is 0.689. The maximum Gasteiger partial charge on any atom is 0.328 e. The van der Waals surface area contributed by atoms with Crippen molar-refractivity contribution in [3.05, 3.63) is 24.3 Å². The minimum atomic E-state index is -1.26. The fraction of sp³-hybridized carbons (Fsp3) is 0.429. The highest BCUT2D eigenvalue weighted by Gasteiger charge is 2.09. The SMILES string of the molecule is C[C@@H]1CN(C)CCN1.O=C(O)/C=C/C(=O)O.O=C(O)/C=C/C(=O)O. The van der Waals surface area contributed by atoms with Gasteiger partial charge >= 0.3 is 23.9 Å². The molecule has 0 radical (unpaired) electrons. The summed E-state index contributed by atoms with van der Waals surface area (Å²) in [4.78, 5) is 40.6. The first kappa shape index (κ1) is 23.5. The van der Waals surface area contributed by atoms with E-state index in [1.807, 2.05) is 0 Å². The van der Waals surface area contributed by atoms with Gasteiger partial charge in [0, 0.05) is 50.0 Å². The van der Waals surface area contributed by atoms with Gasteiger partial charge in [-0.1, -0.05) is 0 Å². The van der Waals surface area contributed by atoms with Crippen molar-refractivity contribution >= 4 is 23.9 Å². The lowest BCUT2D eigenvalue weighted by atomic mass is 10.2. The zero-order valence-corrected chi connectivity index (χ0v) is 13.4. The lowest BCUT2D eigenvalue weighted by Crippen LogP contribution is -2.47. The highest BCUT2D eigenvalue weighted by molar-refractivity contribution is 5.90. The molecule has 0 aromatic rings. The van der Waals surface area contributed by atoms with Crippen molar-refractivity contribution < 1.29 is 39.6 Å². The summed E-state index contributed by atoms with van der Waals surface area (Å²) in [5.74, 6) is -5.03. The van der Waals surface area contributed by atoms with Crippen LogP contribution in [0.2, 0.25) is 0 Å². The fourth-order valence-electron chi connectivity index (χ4n) is 1.41. The van der Waals surface area contributed by atoms with Gasteiger partial charge in [0.25, 0.3) is 0 Å². The topological polar surface area (TPSA) is 164 Å². The van der Waals surface area contributed by atoms with Gasteiger partial charge in [0.05, 0.1) is 0 Å². The summed E-state index contributed by atoms with van der Waals surface area (Å²) in [6.07, 6.45) is 2.23. The Kier molecular flexibility index (Phi) is 13.6. The number of hydrogen-bond acceptors (Lipinski definition) is 6. The minimum absolute atomic E-state index is 0.558. The van der Waals surface area contributed by atoms with E-state index < -0.39 is 23.9 Å². The van der Waals surface area contributed by atoms with E-state index in [0.29, 0.717) is 30.3 Å². The van der Waals surface area contributed by atoms with E-state index in [1.165, 1.54) is 13.1 Å². The van der Waals surface area contributed by atoms with Crippen molar-refractivity contribution in [3.63, 3.8) is 0 Å². The first-order chi connectivity index (χ1) is 11.0. The Bertz CT molecular complexity index is 413. The Morgan fingerprint density at radius 1 is 0.875 bits per heavy atom. The molecule has 0 amide bonds. The van der Waals surface area contributed by atoms with Gasteiger partial charge in [-0.2, -0.15) is 0 Å². The van der Waals surface area contributed by atoms with Crippen molar-refractivity contribution in [1.82, 2.24) is 10.2 Å². The highest BCUT2D eigenvalue weighted by atomic mass is 16.4. The van der Waals surface area contributed by atoms with Crippen LogP contribution in [-0.4, -0.2) is 81.9 Å². The monoisotopic (exact) mass is 346 g/mol. The van der Waals surface area contributed by atoms with Crippen LogP contribution >= 0.6 is 0 Å². The fourth-order valence-corrected chi connectivity index (χ4v) is 1.41. The summed E-state index contributed by atoms with van der Waals surface area (Å²) in [5, 5.41) is 34.6. The van der Waals surface area contributed by atoms with Crippen molar-refractivity contribution in [2.75, 3.05) is 26.7 Å². The Labute approximate surface area is 138 Å². The van der Waals surface area contributed by atoms with E-state index >= 15 is 0 Å². The first-order valence-electron chi connectivity index (χ1n) is 6.74. The third kappa shape index (κ3) is 21.6. The molecular formula is C14H22N2O8. The molecule has 1 rings (SSSR count). The molecule has 1 aliphatic heterocycles. The van der Waals surface area contributed by atoms with Crippen LogP contribution in [0.25, 0.3) is 0 Å². The Balaban J connectivity index is 0. The zero-order valence-electron chi connectivity index (χ0n) is 13.4. The molecule has 0 aromatic heterocycles. The van der Waals surface area contributed by atoms with Crippen molar-refractivity contribution in [1.29, 1.82) is 0 Å². The van der Waals surface area contributed by atoms with Crippen LogP contribution in [0, 0.1) is 0 Å². The number of piperazine rings is 1. The number of likely N-dealkylation sites (N-methyl/N-ethyl adjacent to an activating group) is 1. The Hall–Kier alpha value is -2.72. The van der Waals surface area contributed by atoms with E-state index in [-0.39, 0.29) is 0 Å². The van der Waals surface area contributed by atoms with Crippen LogP contribution in [0.1, 0.15) is 6.92 Å². The van der Waals surface area contributed by atoms with Gasteiger partial charge in [-0.15, -0.1) is 0 Å². The minimum Gasteiger partial charge on any atom is -0.478 e. The van der Waals surface area contributed by atoms with Gasteiger partial charge in [0.15, 0.2) is 0 Å². The van der Waals surface area contributed by atoms with Gasteiger partial charge in [0.1, 0.15) is 0 Å². The molecule has 10 heteroatoms. The third-order valence-corrected chi connectivity index (χ3v) is 2.31. The number of rotatable bonds is 4. The first-order valence-corrected chi connectivity index (χ1v) is 6.74. The molecule has 1 heterocycles. The number of nitrogens with zero attached hydrogens (tertiary/aromatic N) is 1. The molecule has 0 saturated carbocycles. The standard InChI is InChI=1S/C6H14N2.2C4H4O4/c1-6-5-8(2)4-3-7-6;2*5-3(6)1-2-4(7)8/h6-7H,3-5H2,1-2H3;2*1-2H,(H,5,6)(H,7,8)/b;2*2-1+/t6-;;/m1../s1. The van der Waals surface area contributed by atoms with E-state index in [1.54, 1.807) is 0 Å². The molecule has 10 nitrogen and oxygen atoms in total. The predicted molar refractivity (Wildman–Crippen MR) is 83.8 cm³/mol. The molecular weight excluding hydrogens is 324 g/mol. The largest absolute Gasteiger partial charge is 0.478 e. The molecule has 24 heavy (non-hydrogen) atoms. The maximum atomic E-state index is 9.55. The summed E-state index contributed by atoms with van der Waals surface area (Å²) >= 11 is 0. The maximum absolute atomic E-state index is 9.55.